The van der Waals surface area contributed by atoms with E-state index < -0.39 is 0 Å². The number of nitrogens with zero attached hydrogens (tertiary/aromatic N) is 1. The van der Waals surface area contributed by atoms with E-state index >= 15 is 0 Å². The molecule has 0 unspecified atom stereocenters. The minimum Gasteiger partial charge on any atom is -0.486 e. The minimum absolute atomic E-state index is 0.601. The molecule has 0 amide bonds. The summed E-state index contributed by atoms with van der Waals surface area (Å²) in [7, 11) is 0. The fraction of sp³-hybridized carbons (Fsp3) is 0.417. The molecule has 90 valence electrons. The lowest BCUT2D eigenvalue weighted by Gasteiger charge is -2.17. The summed E-state index contributed by atoms with van der Waals surface area (Å²) in [6.07, 6.45) is 1.07. The number of rotatable bonds is 3. The van der Waals surface area contributed by atoms with Crippen LogP contribution in [0.25, 0.3) is 11.0 Å². The molecule has 0 spiro atoms. The molecule has 5 nitrogen and oxygen atoms in total. The smallest absolute Gasteiger partial charge is 0.201 e. The van der Waals surface area contributed by atoms with E-state index in [1.165, 1.54) is 0 Å². The first-order valence-corrected chi connectivity index (χ1v) is 5.90. The number of nitrogens with one attached hydrogen (secondary N) is 2. The van der Waals surface area contributed by atoms with Crippen LogP contribution >= 0.6 is 0 Å². The number of hydrogen-bond acceptors (Lipinski definition) is 4. The molecule has 1 aromatic carbocycles. The van der Waals surface area contributed by atoms with Crippen molar-refractivity contribution in [3.63, 3.8) is 0 Å². The third kappa shape index (κ3) is 1.88. The van der Waals surface area contributed by atoms with Crippen LogP contribution in [0.4, 0.5) is 5.95 Å². The number of fused-ring (bicyclic) bond motifs is 2. The number of anilines is 1. The Morgan fingerprint density at radius 1 is 1.29 bits per heavy atom. The Bertz CT molecular complexity index is 493. The summed E-state index contributed by atoms with van der Waals surface area (Å²) in [5, 5.41) is 3.23. The first-order valence-electron chi connectivity index (χ1n) is 5.90. The molecule has 0 aliphatic carbocycles. The zero-order valence-electron chi connectivity index (χ0n) is 9.75. The lowest BCUT2D eigenvalue weighted by atomic mass is 10.2. The fourth-order valence-electron chi connectivity index (χ4n) is 1.87. The van der Waals surface area contributed by atoms with E-state index in [1.807, 2.05) is 12.1 Å². The summed E-state index contributed by atoms with van der Waals surface area (Å²) in [5.74, 6) is 2.36. The van der Waals surface area contributed by atoms with Crippen LogP contribution in [-0.2, 0) is 0 Å². The van der Waals surface area contributed by atoms with Gasteiger partial charge in [-0.25, -0.2) is 4.98 Å². The highest BCUT2D eigenvalue weighted by molar-refractivity contribution is 5.81. The number of aromatic amines is 1. The molecule has 0 saturated heterocycles. The average molecular weight is 233 g/mol. The highest BCUT2D eigenvalue weighted by Crippen LogP contribution is 2.34. The molecular formula is C12H15N3O2. The van der Waals surface area contributed by atoms with Crippen LogP contribution in [0.5, 0.6) is 11.5 Å². The molecule has 2 aromatic rings. The van der Waals surface area contributed by atoms with Crippen molar-refractivity contribution in [3.05, 3.63) is 12.1 Å². The van der Waals surface area contributed by atoms with E-state index in [4.69, 9.17) is 9.47 Å². The van der Waals surface area contributed by atoms with Gasteiger partial charge in [-0.2, -0.15) is 0 Å². The number of aromatic nitrogens is 2. The van der Waals surface area contributed by atoms with Gasteiger partial charge < -0.3 is 19.8 Å². The topological polar surface area (TPSA) is 59.2 Å². The number of imidazole rings is 1. The van der Waals surface area contributed by atoms with Crippen molar-refractivity contribution in [2.24, 2.45) is 0 Å². The van der Waals surface area contributed by atoms with Crippen molar-refractivity contribution in [2.75, 3.05) is 25.1 Å². The van der Waals surface area contributed by atoms with Gasteiger partial charge in [-0.1, -0.05) is 6.92 Å². The molecule has 0 bridgehead atoms. The van der Waals surface area contributed by atoms with Crippen LogP contribution < -0.4 is 14.8 Å². The molecule has 17 heavy (non-hydrogen) atoms. The first-order chi connectivity index (χ1) is 8.36. The van der Waals surface area contributed by atoms with E-state index in [0.717, 1.165) is 41.4 Å². The predicted molar refractivity (Wildman–Crippen MR) is 65.9 cm³/mol. The Morgan fingerprint density at radius 2 is 2.06 bits per heavy atom. The lowest BCUT2D eigenvalue weighted by Crippen LogP contribution is -2.15. The van der Waals surface area contributed by atoms with E-state index in [9.17, 15) is 0 Å². The molecule has 2 N–H and O–H groups in total. The fourth-order valence-corrected chi connectivity index (χ4v) is 1.87. The Hall–Kier alpha value is -1.91. The maximum Gasteiger partial charge on any atom is 0.201 e. The second kappa shape index (κ2) is 4.16. The van der Waals surface area contributed by atoms with Gasteiger partial charge >= 0.3 is 0 Å². The van der Waals surface area contributed by atoms with Gasteiger partial charge in [0.1, 0.15) is 13.2 Å². The van der Waals surface area contributed by atoms with Gasteiger partial charge in [0, 0.05) is 18.7 Å². The molecule has 0 atom stereocenters. The van der Waals surface area contributed by atoms with Crippen LogP contribution in [0.3, 0.4) is 0 Å². The Labute approximate surface area is 99.1 Å². The van der Waals surface area contributed by atoms with Crippen molar-refractivity contribution in [1.82, 2.24) is 9.97 Å². The van der Waals surface area contributed by atoms with Gasteiger partial charge in [0.25, 0.3) is 0 Å². The lowest BCUT2D eigenvalue weighted by molar-refractivity contribution is 0.172. The van der Waals surface area contributed by atoms with Crippen LogP contribution in [0.2, 0.25) is 0 Å². The van der Waals surface area contributed by atoms with Crippen molar-refractivity contribution in [1.29, 1.82) is 0 Å². The zero-order chi connectivity index (χ0) is 11.7. The summed E-state index contributed by atoms with van der Waals surface area (Å²) in [6, 6.07) is 3.85. The number of benzene rings is 1. The van der Waals surface area contributed by atoms with E-state index in [1.54, 1.807) is 0 Å². The first kappa shape index (κ1) is 10.3. The molecule has 1 aliphatic rings. The molecule has 2 heterocycles. The second-order valence-electron chi connectivity index (χ2n) is 4.03. The van der Waals surface area contributed by atoms with Crippen molar-refractivity contribution < 1.29 is 9.47 Å². The van der Waals surface area contributed by atoms with E-state index in [2.05, 4.69) is 22.2 Å². The molecular weight excluding hydrogens is 218 g/mol. The zero-order valence-corrected chi connectivity index (χ0v) is 9.75. The summed E-state index contributed by atoms with van der Waals surface area (Å²) < 4.78 is 11.1. The van der Waals surface area contributed by atoms with Gasteiger partial charge in [0.05, 0.1) is 11.0 Å². The van der Waals surface area contributed by atoms with Crippen molar-refractivity contribution >= 4 is 17.0 Å². The van der Waals surface area contributed by atoms with Crippen LogP contribution in [-0.4, -0.2) is 29.7 Å². The van der Waals surface area contributed by atoms with Gasteiger partial charge in [-0.15, -0.1) is 0 Å². The number of hydrogen-bond donors (Lipinski definition) is 2. The van der Waals surface area contributed by atoms with E-state index in [-0.39, 0.29) is 0 Å². The molecule has 3 rings (SSSR count). The third-order valence-corrected chi connectivity index (χ3v) is 2.69. The summed E-state index contributed by atoms with van der Waals surface area (Å²) in [6.45, 7) is 4.24. The van der Waals surface area contributed by atoms with Crippen LogP contribution in [0, 0.1) is 0 Å². The van der Waals surface area contributed by atoms with Crippen LogP contribution in [0.15, 0.2) is 12.1 Å². The largest absolute Gasteiger partial charge is 0.486 e. The second-order valence-corrected chi connectivity index (χ2v) is 4.03. The molecule has 1 aliphatic heterocycles. The maximum atomic E-state index is 5.53. The molecule has 0 radical (unpaired) electrons. The molecule has 1 aromatic heterocycles. The highest BCUT2D eigenvalue weighted by Gasteiger charge is 2.14. The van der Waals surface area contributed by atoms with Crippen molar-refractivity contribution in [3.8, 4) is 11.5 Å². The summed E-state index contributed by atoms with van der Waals surface area (Å²) in [5.41, 5.74) is 1.86. The van der Waals surface area contributed by atoms with Crippen LogP contribution in [0.1, 0.15) is 13.3 Å². The third-order valence-electron chi connectivity index (χ3n) is 2.69. The molecule has 5 heteroatoms. The molecule has 0 fully saturated rings. The van der Waals surface area contributed by atoms with Gasteiger partial charge in [-0.3, -0.25) is 0 Å². The SMILES string of the molecule is CCCNc1nc2cc3c(cc2[nH]1)OCCO3. The average Bonchev–Trinajstić information content (AvgIpc) is 2.75. The molecule has 0 saturated carbocycles. The quantitative estimate of drug-likeness (QED) is 0.852. The maximum absolute atomic E-state index is 5.53. The highest BCUT2D eigenvalue weighted by atomic mass is 16.6. The normalized spacial score (nSPS) is 13.9. The Morgan fingerprint density at radius 3 is 2.82 bits per heavy atom. The van der Waals surface area contributed by atoms with E-state index in [0.29, 0.717) is 13.2 Å². The number of H-pyrrole nitrogens is 1. The minimum atomic E-state index is 0.601. The summed E-state index contributed by atoms with van der Waals surface area (Å²) in [4.78, 5) is 7.68. The predicted octanol–water partition coefficient (Wildman–Crippen LogP) is 2.16. The Balaban J connectivity index is 1.98. The number of ether oxygens (including phenoxy) is 2. The summed E-state index contributed by atoms with van der Waals surface area (Å²) >= 11 is 0. The standard InChI is InChI=1S/C12H15N3O2/c1-2-3-13-12-14-8-6-10-11(7-9(8)15-12)17-5-4-16-10/h6-7H,2-5H2,1H3,(H2,13,14,15). The van der Waals surface area contributed by atoms with Crippen molar-refractivity contribution in [2.45, 2.75) is 13.3 Å². The Kier molecular flexibility index (Phi) is 2.51. The van der Waals surface area contributed by atoms with Gasteiger partial charge in [-0.05, 0) is 6.42 Å². The monoisotopic (exact) mass is 233 g/mol. The van der Waals surface area contributed by atoms with Gasteiger partial charge in [0.2, 0.25) is 5.95 Å². The van der Waals surface area contributed by atoms with Gasteiger partial charge in [0.15, 0.2) is 11.5 Å².